The van der Waals surface area contributed by atoms with E-state index in [9.17, 15) is 12.8 Å². The summed E-state index contributed by atoms with van der Waals surface area (Å²) in [5, 5.41) is 3.23. The number of methoxy groups -OCH3 is 1. The molecule has 2 heterocycles. The van der Waals surface area contributed by atoms with E-state index >= 15 is 0 Å². The zero-order valence-corrected chi connectivity index (χ0v) is 18.9. The smallest absolute Gasteiger partial charge is 0.228 e. The highest BCUT2D eigenvalue weighted by Gasteiger charge is 2.25. The van der Waals surface area contributed by atoms with Crippen LogP contribution in [0.1, 0.15) is 20.3 Å². The van der Waals surface area contributed by atoms with Crippen LogP contribution in [0.3, 0.4) is 0 Å². The molecule has 0 spiro atoms. The minimum Gasteiger partial charge on any atom is -0.385 e. The fourth-order valence-corrected chi connectivity index (χ4v) is 4.18. The first kappa shape index (κ1) is 22.9. The number of aromatic nitrogens is 3. The predicted octanol–water partition coefficient (Wildman–Crippen LogP) is 4.01. The van der Waals surface area contributed by atoms with E-state index in [2.05, 4.69) is 15.3 Å². The van der Waals surface area contributed by atoms with Crippen LogP contribution in [0.4, 0.5) is 10.2 Å². The molecule has 3 rings (SSSR count). The van der Waals surface area contributed by atoms with Gasteiger partial charge in [-0.15, -0.1) is 0 Å². The lowest BCUT2D eigenvalue weighted by molar-refractivity contribution is 0.189. The van der Waals surface area contributed by atoms with Crippen molar-refractivity contribution in [2.45, 2.75) is 38.0 Å². The van der Waals surface area contributed by atoms with E-state index in [-0.39, 0.29) is 17.0 Å². The standard InChI is InChI=1S/C22H27FN4O3S/c1-15(2)25-19-14-17(10-11-24-19)21-20(16-6-8-18(23)9-7-16)26-22(31(4,28)29)27(21)12-5-13-30-3/h6-11,14-15H,5,12-13H2,1-4H3,(H,24,25). The summed E-state index contributed by atoms with van der Waals surface area (Å²) in [6.07, 6.45) is 3.41. The molecule has 1 aromatic carbocycles. The van der Waals surface area contributed by atoms with Gasteiger partial charge in [-0.25, -0.2) is 22.8 Å². The number of ether oxygens (including phenoxy) is 1. The van der Waals surface area contributed by atoms with Gasteiger partial charge in [0.2, 0.25) is 15.0 Å². The Morgan fingerprint density at radius 1 is 1.16 bits per heavy atom. The van der Waals surface area contributed by atoms with E-state index in [1.165, 1.54) is 12.1 Å². The maximum Gasteiger partial charge on any atom is 0.228 e. The summed E-state index contributed by atoms with van der Waals surface area (Å²) in [7, 11) is -2.02. The molecular formula is C22H27FN4O3S. The number of benzene rings is 1. The van der Waals surface area contributed by atoms with Gasteiger partial charge in [-0.2, -0.15) is 0 Å². The van der Waals surface area contributed by atoms with Crippen LogP contribution in [0, 0.1) is 5.82 Å². The Morgan fingerprint density at radius 2 is 1.87 bits per heavy atom. The van der Waals surface area contributed by atoms with Crippen molar-refractivity contribution in [3.63, 3.8) is 0 Å². The molecule has 0 aliphatic rings. The number of hydrogen-bond acceptors (Lipinski definition) is 6. The average Bonchev–Trinajstić information content (AvgIpc) is 3.08. The summed E-state index contributed by atoms with van der Waals surface area (Å²) in [6.45, 7) is 4.89. The fraction of sp³-hybridized carbons (Fsp3) is 0.364. The normalized spacial score (nSPS) is 11.8. The first-order valence-electron chi connectivity index (χ1n) is 9.99. The van der Waals surface area contributed by atoms with Crippen LogP contribution in [-0.2, 0) is 21.1 Å². The highest BCUT2D eigenvalue weighted by atomic mass is 32.2. The number of imidazole rings is 1. The molecule has 0 aliphatic heterocycles. The van der Waals surface area contributed by atoms with Crippen molar-refractivity contribution in [1.82, 2.24) is 14.5 Å². The molecule has 166 valence electrons. The Kier molecular flexibility index (Phi) is 7.07. The zero-order valence-electron chi connectivity index (χ0n) is 18.1. The Morgan fingerprint density at radius 3 is 2.48 bits per heavy atom. The second-order valence-corrected chi connectivity index (χ2v) is 9.51. The number of anilines is 1. The Hall–Kier alpha value is -2.78. The molecule has 31 heavy (non-hydrogen) atoms. The maximum atomic E-state index is 13.5. The van der Waals surface area contributed by atoms with Crippen molar-refractivity contribution in [2.24, 2.45) is 0 Å². The van der Waals surface area contributed by atoms with Crippen LogP contribution in [0.15, 0.2) is 47.8 Å². The fourth-order valence-electron chi connectivity index (χ4n) is 3.34. The van der Waals surface area contributed by atoms with E-state index in [0.29, 0.717) is 42.3 Å². The molecule has 0 bridgehead atoms. The van der Waals surface area contributed by atoms with Crippen molar-refractivity contribution in [1.29, 1.82) is 0 Å². The summed E-state index contributed by atoms with van der Waals surface area (Å²) in [4.78, 5) is 8.85. The second kappa shape index (κ2) is 9.57. The first-order valence-corrected chi connectivity index (χ1v) is 11.9. The summed E-state index contributed by atoms with van der Waals surface area (Å²) >= 11 is 0. The van der Waals surface area contributed by atoms with E-state index < -0.39 is 9.84 Å². The molecular weight excluding hydrogens is 419 g/mol. The van der Waals surface area contributed by atoms with Gasteiger partial charge in [-0.3, -0.25) is 0 Å². The number of hydrogen-bond donors (Lipinski definition) is 1. The minimum atomic E-state index is -3.62. The van der Waals surface area contributed by atoms with Crippen molar-refractivity contribution in [3.05, 3.63) is 48.4 Å². The topological polar surface area (TPSA) is 86.1 Å². The van der Waals surface area contributed by atoms with Gasteiger partial charge in [0.1, 0.15) is 11.6 Å². The molecule has 0 unspecified atom stereocenters. The van der Waals surface area contributed by atoms with E-state index in [4.69, 9.17) is 4.74 Å². The summed E-state index contributed by atoms with van der Waals surface area (Å²) < 4.78 is 45.5. The molecule has 0 amide bonds. The third-order valence-corrected chi connectivity index (χ3v) is 5.56. The Labute approximate surface area is 182 Å². The van der Waals surface area contributed by atoms with Crippen molar-refractivity contribution >= 4 is 15.7 Å². The Bertz CT molecular complexity index is 1140. The molecule has 0 radical (unpaired) electrons. The molecule has 9 heteroatoms. The van der Waals surface area contributed by atoms with Gasteiger partial charge in [0, 0.05) is 49.9 Å². The monoisotopic (exact) mass is 446 g/mol. The summed E-state index contributed by atoms with van der Waals surface area (Å²) in [6, 6.07) is 9.72. The largest absolute Gasteiger partial charge is 0.385 e. The van der Waals surface area contributed by atoms with E-state index in [0.717, 1.165) is 11.8 Å². The number of rotatable bonds is 9. The number of halogens is 1. The highest BCUT2D eigenvalue weighted by molar-refractivity contribution is 7.90. The van der Waals surface area contributed by atoms with Gasteiger partial charge in [0.25, 0.3) is 0 Å². The van der Waals surface area contributed by atoms with Gasteiger partial charge in [0.15, 0.2) is 0 Å². The number of nitrogens with zero attached hydrogens (tertiary/aromatic N) is 3. The number of nitrogens with one attached hydrogen (secondary N) is 1. The quantitative estimate of drug-likeness (QED) is 0.500. The molecule has 3 aromatic rings. The van der Waals surface area contributed by atoms with Gasteiger partial charge >= 0.3 is 0 Å². The van der Waals surface area contributed by atoms with Crippen LogP contribution in [0.2, 0.25) is 0 Å². The summed E-state index contributed by atoms with van der Waals surface area (Å²) in [5.41, 5.74) is 2.50. The highest BCUT2D eigenvalue weighted by Crippen LogP contribution is 2.35. The molecule has 7 nitrogen and oxygen atoms in total. The zero-order chi connectivity index (χ0) is 22.6. The predicted molar refractivity (Wildman–Crippen MR) is 119 cm³/mol. The van der Waals surface area contributed by atoms with Crippen molar-refractivity contribution in [3.8, 4) is 22.5 Å². The molecule has 0 fully saturated rings. The van der Waals surface area contributed by atoms with Gasteiger partial charge < -0.3 is 14.6 Å². The SMILES string of the molecule is COCCCn1c(S(C)(=O)=O)nc(-c2ccc(F)cc2)c1-c1ccnc(NC(C)C)c1. The first-order chi connectivity index (χ1) is 14.7. The lowest BCUT2D eigenvalue weighted by Crippen LogP contribution is -2.13. The van der Waals surface area contributed by atoms with Crippen LogP contribution in [-0.4, -0.2) is 49.0 Å². The lowest BCUT2D eigenvalue weighted by atomic mass is 10.1. The van der Waals surface area contributed by atoms with Crippen LogP contribution in [0.25, 0.3) is 22.5 Å². The number of pyridine rings is 1. The molecule has 1 N–H and O–H groups in total. The van der Waals surface area contributed by atoms with E-state index in [1.807, 2.05) is 26.0 Å². The maximum absolute atomic E-state index is 13.5. The second-order valence-electron chi connectivity index (χ2n) is 7.60. The molecule has 0 saturated heterocycles. The third kappa shape index (κ3) is 5.48. The average molecular weight is 447 g/mol. The van der Waals surface area contributed by atoms with Crippen LogP contribution < -0.4 is 5.32 Å². The minimum absolute atomic E-state index is 0.0342. The number of sulfone groups is 1. The third-order valence-electron chi connectivity index (χ3n) is 4.58. The summed E-state index contributed by atoms with van der Waals surface area (Å²) in [5.74, 6) is 0.295. The van der Waals surface area contributed by atoms with Gasteiger partial charge in [-0.05, 0) is 56.7 Å². The van der Waals surface area contributed by atoms with E-state index in [1.54, 1.807) is 30.0 Å². The van der Waals surface area contributed by atoms with Gasteiger partial charge in [0.05, 0.1) is 11.4 Å². The molecule has 2 aromatic heterocycles. The van der Waals surface area contributed by atoms with Crippen molar-refractivity contribution < 1.29 is 17.5 Å². The Balaban J connectivity index is 2.27. The molecule has 0 saturated carbocycles. The van der Waals surface area contributed by atoms with Crippen LogP contribution in [0.5, 0.6) is 0 Å². The molecule has 0 atom stereocenters. The van der Waals surface area contributed by atoms with Crippen molar-refractivity contribution in [2.75, 3.05) is 25.3 Å². The van der Waals surface area contributed by atoms with Crippen LogP contribution >= 0.6 is 0 Å². The van der Waals surface area contributed by atoms with Gasteiger partial charge in [-0.1, -0.05) is 0 Å². The lowest BCUT2D eigenvalue weighted by Gasteiger charge is -2.14. The molecule has 0 aliphatic carbocycles.